The molecule has 1 aliphatic carbocycles. The van der Waals surface area contributed by atoms with Crippen molar-refractivity contribution in [1.82, 2.24) is 15.0 Å². The van der Waals surface area contributed by atoms with E-state index in [0.29, 0.717) is 23.2 Å². The fraction of sp³-hybridized carbons (Fsp3) is 0.0612. The Hall–Kier alpha value is -6.96. The van der Waals surface area contributed by atoms with Gasteiger partial charge in [-0.05, 0) is 79.9 Å². The minimum absolute atomic E-state index is 0.164. The molecule has 7 aromatic carbocycles. The third-order valence-corrected chi connectivity index (χ3v) is 10.3. The molecule has 0 bridgehead atoms. The van der Waals surface area contributed by atoms with E-state index in [0.717, 1.165) is 50.1 Å². The van der Waals surface area contributed by atoms with Crippen molar-refractivity contribution in [3.8, 4) is 78.7 Å². The molecule has 1 aliphatic rings. The monoisotopic (exact) mass is 678 g/mol. The van der Waals surface area contributed by atoms with E-state index < -0.39 is 0 Å². The van der Waals surface area contributed by atoms with E-state index in [1.54, 1.807) is 0 Å². The van der Waals surface area contributed by atoms with Crippen LogP contribution in [0.25, 0.3) is 83.5 Å². The van der Waals surface area contributed by atoms with Gasteiger partial charge in [-0.2, -0.15) is 0 Å². The first kappa shape index (κ1) is 32.0. The average molecular weight is 679 g/mol. The topological polar surface area (TPSA) is 43.0 Å². The second kappa shape index (κ2) is 13.0. The summed E-state index contributed by atoms with van der Waals surface area (Å²) in [6, 6.07) is 58.9. The summed E-state index contributed by atoms with van der Waals surface area (Å²) in [5.74, 6) is 1.86. The number of benzene rings is 7. The van der Waals surface area contributed by atoms with Gasteiger partial charge in [-0.3, -0.25) is 0 Å². The van der Waals surface area contributed by atoms with E-state index in [9.17, 15) is 0 Å². The molecule has 0 atom stereocenters. The van der Waals surface area contributed by atoms with E-state index in [-0.39, 0.29) is 5.41 Å². The molecule has 1 aromatic heterocycles. The summed E-state index contributed by atoms with van der Waals surface area (Å²) in [6.45, 7) is 12.0. The highest BCUT2D eigenvalue weighted by atomic mass is 15.0. The maximum absolute atomic E-state index is 7.53. The van der Waals surface area contributed by atoms with Crippen LogP contribution in [0.15, 0.2) is 170 Å². The van der Waals surface area contributed by atoms with Crippen LogP contribution in [0, 0.1) is 6.57 Å². The number of nitrogens with zero attached hydrogens (tertiary/aromatic N) is 4. The molecular formula is C49H34N4. The van der Waals surface area contributed by atoms with Gasteiger partial charge in [0, 0.05) is 22.1 Å². The van der Waals surface area contributed by atoms with Gasteiger partial charge in [0.15, 0.2) is 23.2 Å². The molecule has 0 radical (unpaired) electrons. The summed E-state index contributed by atoms with van der Waals surface area (Å²) in [4.78, 5) is 18.9. The molecular weight excluding hydrogens is 645 g/mol. The van der Waals surface area contributed by atoms with Gasteiger partial charge in [0.25, 0.3) is 0 Å². The fourth-order valence-corrected chi connectivity index (χ4v) is 7.50. The third kappa shape index (κ3) is 5.89. The molecule has 1 heterocycles. The molecule has 250 valence electrons. The lowest BCUT2D eigenvalue weighted by atomic mass is 9.82. The largest absolute Gasteiger partial charge is 0.238 e. The second-order valence-electron chi connectivity index (χ2n) is 14.0. The van der Waals surface area contributed by atoms with Crippen molar-refractivity contribution in [2.24, 2.45) is 0 Å². The van der Waals surface area contributed by atoms with Crippen LogP contribution < -0.4 is 0 Å². The predicted octanol–water partition coefficient (Wildman–Crippen LogP) is 12.7. The summed E-state index contributed by atoms with van der Waals surface area (Å²) in [5.41, 5.74) is 14.9. The molecule has 9 rings (SSSR count). The van der Waals surface area contributed by atoms with Crippen LogP contribution in [-0.4, -0.2) is 15.0 Å². The molecule has 4 nitrogen and oxygen atoms in total. The molecule has 0 saturated carbocycles. The highest BCUT2D eigenvalue weighted by molar-refractivity contribution is 5.86. The Balaban J connectivity index is 1.14. The van der Waals surface area contributed by atoms with Gasteiger partial charge in [0.1, 0.15) is 0 Å². The molecule has 0 spiro atoms. The van der Waals surface area contributed by atoms with Crippen LogP contribution in [0.3, 0.4) is 0 Å². The highest BCUT2D eigenvalue weighted by Crippen LogP contribution is 2.50. The lowest BCUT2D eigenvalue weighted by Gasteiger charge is -2.21. The summed E-state index contributed by atoms with van der Waals surface area (Å²) >= 11 is 0. The maximum atomic E-state index is 7.53. The molecule has 4 heteroatoms. The van der Waals surface area contributed by atoms with Crippen molar-refractivity contribution in [2.75, 3.05) is 0 Å². The van der Waals surface area contributed by atoms with E-state index in [2.05, 4.69) is 134 Å². The highest BCUT2D eigenvalue weighted by Gasteiger charge is 2.35. The van der Waals surface area contributed by atoms with Gasteiger partial charge < -0.3 is 0 Å². The zero-order chi connectivity index (χ0) is 35.9. The van der Waals surface area contributed by atoms with Crippen molar-refractivity contribution < 1.29 is 0 Å². The number of fused-ring (bicyclic) bond motifs is 3. The minimum Gasteiger partial charge on any atom is -0.238 e. The minimum atomic E-state index is -0.164. The van der Waals surface area contributed by atoms with Crippen LogP contribution in [0.1, 0.15) is 25.0 Å². The van der Waals surface area contributed by atoms with Gasteiger partial charge in [-0.25, -0.2) is 19.8 Å². The predicted molar refractivity (Wildman–Crippen MR) is 216 cm³/mol. The first-order chi connectivity index (χ1) is 25.9. The van der Waals surface area contributed by atoms with Gasteiger partial charge in [-0.1, -0.05) is 159 Å². The molecule has 0 unspecified atom stereocenters. The number of hydrogen-bond donors (Lipinski definition) is 0. The van der Waals surface area contributed by atoms with E-state index in [1.807, 2.05) is 54.6 Å². The number of aromatic nitrogens is 3. The molecule has 8 aromatic rings. The second-order valence-corrected chi connectivity index (χ2v) is 14.0. The zero-order valence-electron chi connectivity index (χ0n) is 29.5. The molecule has 53 heavy (non-hydrogen) atoms. The van der Waals surface area contributed by atoms with Crippen LogP contribution in [0.4, 0.5) is 5.69 Å². The summed E-state index contributed by atoms with van der Waals surface area (Å²) in [5, 5.41) is 0. The Labute approximate surface area is 310 Å². The Kier molecular flexibility index (Phi) is 7.83. The third-order valence-electron chi connectivity index (χ3n) is 10.3. The zero-order valence-corrected chi connectivity index (χ0v) is 29.5. The lowest BCUT2D eigenvalue weighted by molar-refractivity contribution is 0.661. The quantitative estimate of drug-likeness (QED) is 0.164. The summed E-state index contributed by atoms with van der Waals surface area (Å²) in [6.07, 6.45) is 0. The molecule has 0 aliphatic heterocycles. The van der Waals surface area contributed by atoms with E-state index >= 15 is 0 Å². The number of hydrogen-bond acceptors (Lipinski definition) is 3. The average Bonchev–Trinajstić information content (AvgIpc) is 3.46. The summed E-state index contributed by atoms with van der Waals surface area (Å²) in [7, 11) is 0. The van der Waals surface area contributed by atoms with Gasteiger partial charge >= 0.3 is 0 Å². The maximum Gasteiger partial charge on any atom is 0.187 e. The van der Waals surface area contributed by atoms with Gasteiger partial charge in [-0.15, -0.1) is 0 Å². The fourth-order valence-electron chi connectivity index (χ4n) is 7.50. The van der Waals surface area contributed by atoms with E-state index in [4.69, 9.17) is 21.5 Å². The van der Waals surface area contributed by atoms with Crippen LogP contribution in [0.5, 0.6) is 0 Å². The lowest BCUT2D eigenvalue weighted by Crippen LogP contribution is -2.14. The Bertz CT molecular complexity index is 2620. The Morgan fingerprint density at radius 3 is 1.40 bits per heavy atom. The van der Waals surface area contributed by atoms with Crippen LogP contribution in [0.2, 0.25) is 0 Å². The first-order valence-electron chi connectivity index (χ1n) is 17.8. The normalized spacial score (nSPS) is 12.5. The van der Waals surface area contributed by atoms with E-state index in [1.165, 1.54) is 22.3 Å². The van der Waals surface area contributed by atoms with Crippen LogP contribution in [-0.2, 0) is 5.41 Å². The van der Waals surface area contributed by atoms with Crippen molar-refractivity contribution in [3.05, 3.63) is 192 Å². The van der Waals surface area contributed by atoms with Crippen molar-refractivity contribution in [2.45, 2.75) is 19.3 Å². The first-order valence-corrected chi connectivity index (χ1v) is 17.8. The Morgan fingerprint density at radius 1 is 0.377 bits per heavy atom. The van der Waals surface area contributed by atoms with Crippen molar-refractivity contribution in [3.63, 3.8) is 0 Å². The van der Waals surface area contributed by atoms with Crippen molar-refractivity contribution >= 4 is 5.69 Å². The molecule has 0 amide bonds. The van der Waals surface area contributed by atoms with Crippen molar-refractivity contribution in [1.29, 1.82) is 0 Å². The summed E-state index contributed by atoms with van der Waals surface area (Å²) < 4.78 is 0. The molecule has 0 fully saturated rings. The number of rotatable bonds is 6. The van der Waals surface area contributed by atoms with Gasteiger partial charge in [0.2, 0.25) is 0 Å². The standard InChI is InChI=1S/C49H34N4/c1-49(2)44-26-23-37(30-43(44)42-25-24-41(50-3)31-45(42)49)34-19-21-36(22-20-34)47-51-46(35-17-11-6-12-18-35)52-48(53-47)40-28-38(32-13-7-4-8-14-32)27-39(29-40)33-15-9-5-10-16-33/h4-31H,1-2H3. The SMILES string of the molecule is [C-]#[N+]c1ccc2c(c1)C(C)(C)c1ccc(-c3ccc(-c4nc(-c5ccccc5)nc(-c5cc(-c6ccccc6)cc(-c6ccccc6)c5)n4)cc3)cc1-2. The Morgan fingerprint density at radius 2 is 0.830 bits per heavy atom. The van der Waals surface area contributed by atoms with Crippen LogP contribution >= 0.6 is 0 Å². The smallest absolute Gasteiger partial charge is 0.187 e. The molecule has 0 N–H and O–H groups in total. The van der Waals surface area contributed by atoms with Gasteiger partial charge in [0.05, 0.1) is 6.57 Å². The molecule has 0 saturated heterocycles.